The SMILES string of the molecule is COCCNC(=O)c1cc(NC(=O)c2ccc(OC)cc2OC)ccc1N1CCC(C)CC1. The first kappa shape index (κ1) is 24.4. The minimum absolute atomic E-state index is 0.196. The third kappa shape index (κ3) is 6.16. The van der Waals surface area contributed by atoms with Crippen molar-refractivity contribution in [3.8, 4) is 11.5 Å². The van der Waals surface area contributed by atoms with Gasteiger partial charge in [-0.05, 0) is 49.1 Å². The fraction of sp³-hybridized carbons (Fsp3) is 0.440. The van der Waals surface area contributed by atoms with Crippen LogP contribution in [0.5, 0.6) is 11.5 Å². The van der Waals surface area contributed by atoms with Gasteiger partial charge in [0.05, 0.1) is 32.0 Å². The number of rotatable bonds is 9. The van der Waals surface area contributed by atoms with Gasteiger partial charge in [0.1, 0.15) is 11.5 Å². The summed E-state index contributed by atoms with van der Waals surface area (Å²) in [5, 5.41) is 5.78. The van der Waals surface area contributed by atoms with E-state index in [-0.39, 0.29) is 11.8 Å². The third-order valence-electron chi connectivity index (χ3n) is 5.87. The van der Waals surface area contributed by atoms with Crippen molar-refractivity contribution in [1.82, 2.24) is 5.32 Å². The maximum atomic E-state index is 13.0. The van der Waals surface area contributed by atoms with E-state index in [4.69, 9.17) is 14.2 Å². The molecule has 2 aromatic carbocycles. The first-order valence-electron chi connectivity index (χ1n) is 11.2. The Morgan fingerprint density at radius 3 is 2.39 bits per heavy atom. The molecular formula is C25H33N3O5. The Kier molecular flexibility index (Phi) is 8.54. The predicted molar refractivity (Wildman–Crippen MR) is 129 cm³/mol. The van der Waals surface area contributed by atoms with Gasteiger partial charge in [0, 0.05) is 44.2 Å². The van der Waals surface area contributed by atoms with Gasteiger partial charge in [0.15, 0.2) is 0 Å². The molecular weight excluding hydrogens is 422 g/mol. The van der Waals surface area contributed by atoms with Crippen LogP contribution in [0, 0.1) is 5.92 Å². The van der Waals surface area contributed by atoms with Gasteiger partial charge in [-0.15, -0.1) is 0 Å². The molecule has 178 valence electrons. The molecule has 0 spiro atoms. The van der Waals surface area contributed by atoms with Crippen molar-refractivity contribution in [2.75, 3.05) is 57.8 Å². The van der Waals surface area contributed by atoms with Crippen LogP contribution < -0.4 is 25.0 Å². The zero-order valence-electron chi connectivity index (χ0n) is 19.8. The lowest BCUT2D eigenvalue weighted by molar-refractivity contribution is 0.0936. The van der Waals surface area contributed by atoms with Gasteiger partial charge in [-0.2, -0.15) is 0 Å². The Bertz CT molecular complexity index is 971. The molecule has 3 rings (SSSR count). The van der Waals surface area contributed by atoms with Crippen molar-refractivity contribution in [2.24, 2.45) is 5.92 Å². The minimum atomic E-state index is -0.334. The number of hydrogen-bond acceptors (Lipinski definition) is 6. The average Bonchev–Trinajstić information content (AvgIpc) is 2.84. The molecule has 2 amide bonds. The molecule has 0 saturated carbocycles. The third-order valence-corrected chi connectivity index (χ3v) is 5.87. The highest BCUT2D eigenvalue weighted by molar-refractivity contribution is 6.08. The van der Waals surface area contributed by atoms with E-state index in [0.717, 1.165) is 31.6 Å². The zero-order chi connectivity index (χ0) is 23.8. The van der Waals surface area contributed by atoms with E-state index < -0.39 is 0 Å². The van der Waals surface area contributed by atoms with Crippen molar-refractivity contribution in [2.45, 2.75) is 19.8 Å². The molecule has 0 aromatic heterocycles. The lowest BCUT2D eigenvalue weighted by atomic mass is 9.97. The van der Waals surface area contributed by atoms with E-state index >= 15 is 0 Å². The Labute approximate surface area is 195 Å². The molecule has 0 unspecified atom stereocenters. The molecule has 8 nitrogen and oxygen atoms in total. The van der Waals surface area contributed by atoms with Gasteiger partial charge in [-0.1, -0.05) is 6.92 Å². The molecule has 0 aliphatic carbocycles. The highest BCUT2D eigenvalue weighted by Gasteiger charge is 2.22. The summed E-state index contributed by atoms with van der Waals surface area (Å²) in [6, 6.07) is 10.5. The first-order chi connectivity index (χ1) is 16.0. The highest BCUT2D eigenvalue weighted by atomic mass is 16.5. The van der Waals surface area contributed by atoms with Crippen LogP contribution in [0.2, 0.25) is 0 Å². The van der Waals surface area contributed by atoms with E-state index in [2.05, 4.69) is 22.5 Å². The predicted octanol–water partition coefficient (Wildman–Crippen LogP) is 3.57. The summed E-state index contributed by atoms with van der Waals surface area (Å²) in [5.74, 6) is 1.15. The Morgan fingerprint density at radius 2 is 1.73 bits per heavy atom. The van der Waals surface area contributed by atoms with Crippen molar-refractivity contribution in [1.29, 1.82) is 0 Å². The number of carbonyl (C=O) groups excluding carboxylic acids is 2. The van der Waals surface area contributed by atoms with Gasteiger partial charge in [0.2, 0.25) is 0 Å². The number of piperidine rings is 1. The summed E-state index contributed by atoms with van der Waals surface area (Å²) in [5.41, 5.74) is 2.30. The topological polar surface area (TPSA) is 89.1 Å². The number of anilines is 2. The van der Waals surface area contributed by atoms with E-state index in [1.165, 1.54) is 7.11 Å². The van der Waals surface area contributed by atoms with E-state index in [0.29, 0.717) is 47.4 Å². The number of benzene rings is 2. The molecule has 2 aromatic rings. The maximum absolute atomic E-state index is 13.0. The highest BCUT2D eigenvalue weighted by Crippen LogP contribution is 2.30. The molecule has 33 heavy (non-hydrogen) atoms. The summed E-state index contributed by atoms with van der Waals surface area (Å²) < 4.78 is 15.6. The number of methoxy groups -OCH3 is 3. The molecule has 1 aliphatic heterocycles. The van der Waals surface area contributed by atoms with Crippen molar-refractivity contribution >= 4 is 23.2 Å². The number of hydrogen-bond donors (Lipinski definition) is 2. The second-order valence-corrected chi connectivity index (χ2v) is 8.17. The smallest absolute Gasteiger partial charge is 0.259 e. The number of nitrogens with one attached hydrogen (secondary N) is 2. The van der Waals surface area contributed by atoms with Crippen LogP contribution in [0.3, 0.4) is 0 Å². The fourth-order valence-electron chi connectivity index (χ4n) is 3.87. The van der Waals surface area contributed by atoms with Gasteiger partial charge in [0.25, 0.3) is 11.8 Å². The monoisotopic (exact) mass is 455 g/mol. The molecule has 1 saturated heterocycles. The zero-order valence-corrected chi connectivity index (χ0v) is 19.8. The molecule has 0 bridgehead atoms. The standard InChI is InChI=1S/C25H33N3O5/c1-17-9-12-28(13-10-17)22-8-5-18(15-21(22)24(29)26-11-14-31-2)27-25(30)20-7-6-19(32-3)16-23(20)33-4/h5-8,15-17H,9-14H2,1-4H3,(H,26,29)(H,27,30). The fourth-order valence-corrected chi connectivity index (χ4v) is 3.87. The Balaban J connectivity index is 1.86. The van der Waals surface area contributed by atoms with Crippen LogP contribution in [0.25, 0.3) is 0 Å². The minimum Gasteiger partial charge on any atom is -0.497 e. The number of nitrogens with zero attached hydrogens (tertiary/aromatic N) is 1. The molecule has 1 aliphatic rings. The van der Waals surface area contributed by atoms with Crippen LogP contribution in [-0.2, 0) is 4.74 Å². The second kappa shape index (κ2) is 11.6. The molecule has 0 radical (unpaired) electrons. The maximum Gasteiger partial charge on any atom is 0.259 e. The normalized spacial score (nSPS) is 14.0. The van der Waals surface area contributed by atoms with Crippen LogP contribution in [0.15, 0.2) is 36.4 Å². The summed E-state index contributed by atoms with van der Waals surface area (Å²) >= 11 is 0. The quantitative estimate of drug-likeness (QED) is 0.562. The lowest BCUT2D eigenvalue weighted by Gasteiger charge is -2.33. The van der Waals surface area contributed by atoms with Crippen LogP contribution in [0.1, 0.15) is 40.5 Å². The molecule has 8 heteroatoms. The summed E-state index contributed by atoms with van der Waals surface area (Å²) in [4.78, 5) is 28.2. The summed E-state index contributed by atoms with van der Waals surface area (Å²) in [6.07, 6.45) is 2.17. The van der Waals surface area contributed by atoms with Crippen LogP contribution >= 0.6 is 0 Å². The van der Waals surface area contributed by atoms with Crippen molar-refractivity contribution in [3.63, 3.8) is 0 Å². The van der Waals surface area contributed by atoms with Crippen LogP contribution in [-0.4, -0.2) is 59.4 Å². The number of ether oxygens (including phenoxy) is 3. The number of amides is 2. The Hall–Kier alpha value is -3.26. The van der Waals surface area contributed by atoms with Gasteiger partial charge in [-0.25, -0.2) is 0 Å². The molecule has 2 N–H and O–H groups in total. The molecule has 1 heterocycles. The van der Waals surface area contributed by atoms with E-state index in [1.54, 1.807) is 38.5 Å². The lowest BCUT2D eigenvalue weighted by Crippen LogP contribution is -2.35. The first-order valence-corrected chi connectivity index (χ1v) is 11.2. The van der Waals surface area contributed by atoms with Gasteiger partial charge < -0.3 is 29.7 Å². The van der Waals surface area contributed by atoms with Gasteiger partial charge >= 0.3 is 0 Å². The molecule has 0 atom stereocenters. The average molecular weight is 456 g/mol. The van der Waals surface area contributed by atoms with Crippen LogP contribution in [0.4, 0.5) is 11.4 Å². The largest absolute Gasteiger partial charge is 0.497 e. The van der Waals surface area contributed by atoms with Crippen molar-refractivity contribution < 1.29 is 23.8 Å². The number of carbonyl (C=O) groups is 2. The summed E-state index contributed by atoms with van der Waals surface area (Å²) in [7, 11) is 4.65. The van der Waals surface area contributed by atoms with Crippen molar-refractivity contribution in [3.05, 3.63) is 47.5 Å². The van der Waals surface area contributed by atoms with Gasteiger partial charge in [-0.3, -0.25) is 9.59 Å². The second-order valence-electron chi connectivity index (χ2n) is 8.17. The molecule has 1 fully saturated rings. The summed E-state index contributed by atoms with van der Waals surface area (Å²) in [6.45, 7) is 4.88. The van der Waals surface area contributed by atoms with E-state index in [1.807, 2.05) is 12.1 Å². The Morgan fingerprint density at radius 1 is 0.970 bits per heavy atom. The van der Waals surface area contributed by atoms with E-state index in [9.17, 15) is 9.59 Å².